The van der Waals surface area contributed by atoms with Gasteiger partial charge in [0.05, 0.1) is 12.1 Å². The van der Waals surface area contributed by atoms with Crippen molar-refractivity contribution in [2.24, 2.45) is 5.73 Å². The van der Waals surface area contributed by atoms with Crippen molar-refractivity contribution in [1.29, 1.82) is 0 Å². The van der Waals surface area contributed by atoms with Gasteiger partial charge in [-0.1, -0.05) is 30.7 Å². The zero-order chi connectivity index (χ0) is 16.7. The Balaban J connectivity index is 1.90. The summed E-state index contributed by atoms with van der Waals surface area (Å²) in [5, 5.41) is 0.483. The fourth-order valence-electron chi connectivity index (χ4n) is 2.16. The quantitative estimate of drug-likeness (QED) is 0.745. The summed E-state index contributed by atoms with van der Waals surface area (Å²) in [6.07, 6.45) is 1.01. The third-order valence-electron chi connectivity index (χ3n) is 3.45. The fraction of sp³-hybridized carbons (Fsp3) is 0.333. The molecule has 0 unspecified atom stereocenters. The molecule has 0 aliphatic heterocycles. The van der Waals surface area contributed by atoms with Gasteiger partial charge in [-0.15, -0.1) is 0 Å². The Morgan fingerprint density at radius 3 is 2.30 bits per heavy atom. The topological polar surface area (TPSA) is 53.7 Å². The van der Waals surface area contributed by atoms with Crippen LogP contribution in [0, 0.1) is 0 Å². The summed E-state index contributed by atoms with van der Waals surface area (Å²) in [4.78, 5) is 0. The average Bonchev–Trinajstić information content (AvgIpc) is 2.59. The van der Waals surface area contributed by atoms with Crippen LogP contribution in [0.5, 0.6) is 17.2 Å². The normalized spacial score (nSPS) is 10.4. The second-order valence-corrected chi connectivity index (χ2v) is 5.41. The van der Waals surface area contributed by atoms with Crippen molar-refractivity contribution in [1.82, 2.24) is 0 Å². The number of ether oxygens (including phenoxy) is 3. The van der Waals surface area contributed by atoms with Crippen LogP contribution in [-0.2, 0) is 13.0 Å². The van der Waals surface area contributed by atoms with E-state index in [1.807, 2.05) is 18.2 Å². The molecule has 124 valence electrons. The summed E-state index contributed by atoms with van der Waals surface area (Å²) in [6, 6.07) is 11.6. The molecule has 0 saturated heterocycles. The van der Waals surface area contributed by atoms with Gasteiger partial charge in [0, 0.05) is 6.54 Å². The van der Waals surface area contributed by atoms with Crippen LogP contribution in [0.25, 0.3) is 0 Å². The molecule has 0 saturated carbocycles. The molecule has 0 amide bonds. The second-order valence-electron chi connectivity index (χ2n) is 5.01. The van der Waals surface area contributed by atoms with Gasteiger partial charge in [0.25, 0.3) is 0 Å². The molecule has 0 radical (unpaired) electrons. The first-order chi connectivity index (χ1) is 11.2. The molecule has 0 aliphatic carbocycles. The average molecular weight is 336 g/mol. The first-order valence-corrected chi connectivity index (χ1v) is 7.96. The Bertz CT molecular complexity index is 629. The van der Waals surface area contributed by atoms with E-state index in [1.54, 1.807) is 13.2 Å². The lowest BCUT2D eigenvalue weighted by atomic mass is 10.2. The highest BCUT2D eigenvalue weighted by Crippen LogP contribution is 2.36. The van der Waals surface area contributed by atoms with E-state index >= 15 is 0 Å². The van der Waals surface area contributed by atoms with E-state index in [2.05, 4.69) is 19.1 Å². The molecular weight excluding hydrogens is 314 g/mol. The van der Waals surface area contributed by atoms with Crippen LogP contribution in [-0.4, -0.2) is 20.3 Å². The Labute approximate surface area is 142 Å². The largest absolute Gasteiger partial charge is 0.493 e. The molecule has 0 aliphatic rings. The van der Waals surface area contributed by atoms with Crippen LogP contribution < -0.4 is 19.9 Å². The number of hydrogen-bond acceptors (Lipinski definition) is 4. The number of halogens is 1. The van der Waals surface area contributed by atoms with Gasteiger partial charge < -0.3 is 19.9 Å². The summed E-state index contributed by atoms with van der Waals surface area (Å²) in [6.45, 7) is 3.31. The summed E-state index contributed by atoms with van der Waals surface area (Å²) in [5.41, 5.74) is 7.80. The van der Waals surface area contributed by atoms with E-state index in [0.717, 1.165) is 17.7 Å². The number of nitrogens with two attached hydrogens (primary N) is 1. The van der Waals surface area contributed by atoms with Gasteiger partial charge in [-0.3, -0.25) is 0 Å². The summed E-state index contributed by atoms with van der Waals surface area (Å²) >= 11 is 6.22. The molecule has 5 heteroatoms. The second kappa shape index (κ2) is 8.65. The lowest BCUT2D eigenvalue weighted by molar-refractivity contribution is 0.211. The lowest BCUT2D eigenvalue weighted by Gasteiger charge is -2.14. The van der Waals surface area contributed by atoms with Gasteiger partial charge in [0.1, 0.15) is 19.0 Å². The molecule has 23 heavy (non-hydrogen) atoms. The molecule has 0 atom stereocenters. The van der Waals surface area contributed by atoms with E-state index in [0.29, 0.717) is 36.3 Å². The van der Waals surface area contributed by atoms with Gasteiger partial charge in [-0.25, -0.2) is 0 Å². The minimum Gasteiger partial charge on any atom is -0.493 e. The zero-order valence-electron chi connectivity index (χ0n) is 13.5. The number of benzene rings is 2. The molecule has 2 aromatic carbocycles. The van der Waals surface area contributed by atoms with Crippen LogP contribution in [0.15, 0.2) is 36.4 Å². The van der Waals surface area contributed by atoms with Crippen molar-refractivity contribution in [2.75, 3.05) is 20.3 Å². The standard InChI is InChI=1S/C18H22ClNO3/c1-3-13-4-6-15(7-5-13)22-8-9-23-18-16(19)10-14(12-20)11-17(18)21-2/h4-7,10-11H,3,8-9,12,20H2,1-2H3. The Hall–Kier alpha value is -1.91. The fourth-order valence-corrected chi connectivity index (χ4v) is 2.44. The zero-order valence-corrected chi connectivity index (χ0v) is 14.2. The Kier molecular flexibility index (Phi) is 6.56. The van der Waals surface area contributed by atoms with Crippen molar-refractivity contribution < 1.29 is 14.2 Å². The smallest absolute Gasteiger partial charge is 0.179 e. The Morgan fingerprint density at radius 1 is 1.00 bits per heavy atom. The first-order valence-electron chi connectivity index (χ1n) is 7.59. The third kappa shape index (κ3) is 4.78. The van der Waals surface area contributed by atoms with Gasteiger partial charge in [0.15, 0.2) is 11.5 Å². The molecule has 0 spiro atoms. The molecule has 2 aromatic rings. The minimum atomic E-state index is 0.369. The molecule has 0 heterocycles. The Morgan fingerprint density at radius 2 is 1.70 bits per heavy atom. The van der Waals surface area contributed by atoms with Crippen LogP contribution in [0.1, 0.15) is 18.1 Å². The van der Waals surface area contributed by atoms with Crippen molar-refractivity contribution in [3.8, 4) is 17.2 Å². The van der Waals surface area contributed by atoms with Crippen molar-refractivity contribution in [3.63, 3.8) is 0 Å². The lowest BCUT2D eigenvalue weighted by Crippen LogP contribution is -2.10. The van der Waals surface area contributed by atoms with Crippen molar-refractivity contribution >= 4 is 11.6 Å². The molecule has 0 aromatic heterocycles. The van der Waals surface area contributed by atoms with Crippen LogP contribution in [0.2, 0.25) is 5.02 Å². The van der Waals surface area contributed by atoms with Crippen LogP contribution in [0.3, 0.4) is 0 Å². The predicted octanol–water partition coefficient (Wildman–Crippen LogP) is 3.83. The highest BCUT2D eigenvalue weighted by atomic mass is 35.5. The van der Waals surface area contributed by atoms with Gasteiger partial charge in [0.2, 0.25) is 0 Å². The number of rotatable bonds is 8. The predicted molar refractivity (Wildman–Crippen MR) is 92.7 cm³/mol. The third-order valence-corrected chi connectivity index (χ3v) is 3.74. The number of hydrogen-bond donors (Lipinski definition) is 1. The van der Waals surface area contributed by atoms with Crippen molar-refractivity contribution in [3.05, 3.63) is 52.5 Å². The molecule has 0 fully saturated rings. The molecule has 2 N–H and O–H groups in total. The van der Waals surface area contributed by atoms with E-state index < -0.39 is 0 Å². The summed E-state index contributed by atoms with van der Waals surface area (Å²) < 4.78 is 16.7. The number of aryl methyl sites for hydroxylation is 1. The number of methoxy groups -OCH3 is 1. The van der Waals surface area contributed by atoms with Gasteiger partial charge in [-0.05, 0) is 41.8 Å². The van der Waals surface area contributed by atoms with E-state index in [1.165, 1.54) is 5.56 Å². The van der Waals surface area contributed by atoms with E-state index in [9.17, 15) is 0 Å². The highest BCUT2D eigenvalue weighted by molar-refractivity contribution is 6.32. The molecule has 4 nitrogen and oxygen atoms in total. The van der Waals surface area contributed by atoms with Crippen molar-refractivity contribution in [2.45, 2.75) is 19.9 Å². The monoisotopic (exact) mass is 335 g/mol. The van der Waals surface area contributed by atoms with Crippen LogP contribution in [0.4, 0.5) is 0 Å². The maximum Gasteiger partial charge on any atom is 0.179 e. The summed E-state index contributed by atoms with van der Waals surface area (Å²) in [5.74, 6) is 1.91. The maximum absolute atomic E-state index is 6.22. The van der Waals surface area contributed by atoms with E-state index in [-0.39, 0.29) is 0 Å². The van der Waals surface area contributed by atoms with Gasteiger partial charge >= 0.3 is 0 Å². The maximum atomic E-state index is 6.22. The molecular formula is C18H22ClNO3. The molecule has 2 rings (SSSR count). The van der Waals surface area contributed by atoms with E-state index in [4.69, 9.17) is 31.5 Å². The molecule has 0 bridgehead atoms. The SMILES string of the molecule is CCc1ccc(OCCOc2c(Cl)cc(CN)cc2OC)cc1. The summed E-state index contributed by atoms with van der Waals surface area (Å²) in [7, 11) is 1.57. The van der Waals surface area contributed by atoms with Gasteiger partial charge in [-0.2, -0.15) is 0 Å². The highest BCUT2D eigenvalue weighted by Gasteiger charge is 2.11. The van der Waals surface area contributed by atoms with Crippen LogP contribution >= 0.6 is 11.6 Å². The first kappa shape index (κ1) is 17.4. The minimum absolute atomic E-state index is 0.369.